The molecule has 0 fully saturated rings. The molecule has 0 unspecified atom stereocenters. The molecule has 13 heteroatoms. The SMILES string of the molecule is COC(=O)C1=C(C(=O)OC)SC2(S1)C(C(=O)OC)=C(C(=O)OC)SC1=C2c2ccc(C)cc2N(C(=O)C=Cc2ccccc2)C1(C)C. The zero-order chi connectivity index (χ0) is 34.3. The van der Waals surface area contributed by atoms with E-state index in [1.807, 2.05) is 69.3 Å². The van der Waals surface area contributed by atoms with E-state index in [1.54, 1.807) is 11.0 Å². The summed E-state index contributed by atoms with van der Waals surface area (Å²) in [6, 6.07) is 14.9. The minimum absolute atomic E-state index is 0.107. The van der Waals surface area contributed by atoms with Gasteiger partial charge in [-0.1, -0.05) is 77.8 Å². The van der Waals surface area contributed by atoms with Gasteiger partial charge in [0, 0.05) is 22.1 Å². The molecule has 0 atom stereocenters. The molecule has 0 radical (unpaired) electrons. The van der Waals surface area contributed by atoms with Gasteiger partial charge in [-0.3, -0.25) is 9.69 Å². The average Bonchev–Trinajstić information content (AvgIpc) is 3.46. The molecule has 0 bridgehead atoms. The predicted octanol–water partition coefficient (Wildman–Crippen LogP) is 5.63. The number of hydrogen-bond donors (Lipinski definition) is 0. The maximum atomic E-state index is 14.2. The lowest BCUT2D eigenvalue weighted by Gasteiger charge is -2.50. The highest BCUT2D eigenvalue weighted by Crippen LogP contribution is 2.71. The van der Waals surface area contributed by atoms with Crippen molar-refractivity contribution in [3.8, 4) is 0 Å². The van der Waals surface area contributed by atoms with Crippen LogP contribution in [0.15, 0.2) is 79.8 Å². The first-order valence-electron chi connectivity index (χ1n) is 14.2. The Morgan fingerprint density at radius 2 is 1.30 bits per heavy atom. The number of methoxy groups -OCH3 is 4. The van der Waals surface area contributed by atoms with E-state index >= 15 is 0 Å². The number of amides is 1. The molecule has 3 heterocycles. The first-order chi connectivity index (χ1) is 22.4. The van der Waals surface area contributed by atoms with E-state index in [2.05, 4.69) is 0 Å². The summed E-state index contributed by atoms with van der Waals surface area (Å²) in [5.41, 5.74) is 2.04. The Morgan fingerprint density at radius 1 is 0.745 bits per heavy atom. The zero-order valence-corrected chi connectivity index (χ0v) is 29.1. The lowest BCUT2D eigenvalue weighted by atomic mass is 9.83. The molecule has 5 rings (SSSR count). The molecule has 2 aromatic carbocycles. The number of thioether (sulfide) groups is 3. The molecule has 47 heavy (non-hydrogen) atoms. The molecule has 0 aromatic heterocycles. The van der Waals surface area contributed by atoms with Gasteiger partial charge < -0.3 is 18.9 Å². The van der Waals surface area contributed by atoms with Crippen molar-refractivity contribution < 1.29 is 42.9 Å². The van der Waals surface area contributed by atoms with E-state index in [0.717, 1.165) is 46.4 Å². The summed E-state index contributed by atoms with van der Waals surface area (Å²) < 4.78 is 18.8. The van der Waals surface area contributed by atoms with Gasteiger partial charge in [0.25, 0.3) is 5.91 Å². The summed E-state index contributed by atoms with van der Waals surface area (Å²) >= 11 is 2.76. The largest absolute Gasteiger partial charge is 0.466 e. The van der Waals surface area contributed by atoms with Gasteiger partial charge in [0.1, 0.15) is 18.8 Å². The maximum Gasteiger partial charge on any atom is 0.345 e. The Morgan fingerprint density at radius 3 is 1.85 bits per heavy atom. The van der Waals surface area contributed by atoms with Crippen molar-refractivity contribution in [2.45, 2.75) is 30.4 Å². The lowest BCUT2D eigenvalue weighted by molar-refractivity contribution is -0.138. The summed E-state index contributed by atoms with van der Waals surface area (Å²) in [4.78, 5) is 69.6. The minimum Gasteiger partial charge on any atom is -0.466 e. The summed E-state index contributed by atoms with van der Waals surface area (Å²) in [5, 5.41) is 0. The molecule has 1 amide bonds. The molecule has 244 valence electrons. The zero-order valence-electron chi connectivity index (χ0n) is 26.6. The Kier molecular flexibility index (Phi) is 9.54. The van der Waals surface area contributed by atoms with Gasteiger partial charge >= 0.3 is 23.9 Å². The first kappa shape index (κ1) is 34.1. The number of carbonyl (C=O) groups is 5. The van der Waals surface area contributed by atoms with Gasteiger partial charge in [0.2, 0.25) is 0 Å². The molecule has 10 nitrogen and oxygen atoms in total. The summed E-state index contributed by atoms with van der Waals surface area (Å²) in [6.07, 6.45) is 3.21. The fourth-order valence-corrected chi connectivity index (χ4v) is 10.7. The van der Waals surface area contributed by atoms with E-state index in [9.17, 15) is 24.0 Å². The van der Waals surface area contributed by atoms with Crippen molar-refractivity contribution in [2.24, 2.45) is 0 Å². The number of esters is 4. The van der Waals surface area contributed by atoms with Gasteiger partial charge in [0.15, 0.2) is 0 Å². The molecule has 3 aliphatic rings. The molecular formula is C34H31NO9S3. The number of fused-ring (bicyclic) bond motifs is 3. The van der Waals surface area contributed by atoms with E-state index in [4.69, 9.17) is 18.9 Å². The smallest absolute Gasteiger partial charge is 0.345 e. The molecular weight excluding hydrogens is 663 g/mol. The van der Waals surface area contributed by atoms with Crippen LogP contribution < -0.4 is 4.90 Å². The second-order valence-electron chi connectivity index (χ2n) is 11.0. The van der Waals surface area contributed by atoms with Crippen molar-refractivity contribution in [1.29, 1.82) is 0 Å². The topological polar surface area (TPSA) is 126 Å². The second-order valence-corrected chi connectivity index (χ2v) is 14.7. The van der Waals surface area contributed by atoms with Crippen molar-refractivity contribution in [2.75, 3.05) is 33.3 Å². The Hall–Kier alpha value is -4.20. The predicted molar refractivity (Wildman–Crippen MR) is 183 cm³/mol. The number of hydrogen-bond acceptors (Lipinski definition) is 12. The van der Waals surface area contributed by atoms with Crippen LogP contribution >= 0.6 is 35.3 Å². The molecule has 1 spiro atoms. The van der Waals surface area contributed by atoms with Gasteiger partial charge in [-0.2, -0.15) is 0 Å². The number of carbonyl (C=O) groups excluding carboxylic acids is 5. The third kappa shape index (κ3) is 5.70. The normalized spacial score (nSPS) is 17.8. The second kappa shape index (κ2) is 13.1. The van der Waals surface area contributed by atoms with Gasteiger partial charge in [-0.15, -0.1) is 0 Å². The molecule has 0 aliphatic carbocycles. The molecule has 0 saturated carbocycles. The Labute approximate surface area is 284 Å². The fourth-order valence-electron chi connectivity index (χ4n) is 5.62. The van der Waals surface area contributed by atoms with Crippen LogP contribution in [0, 0.1) is 6.92 Å². The maximum absolute atomic E-state index is 14.2. The highest BCUT2D eigenvalue weighted by atomic mass is 32.2. The first-order valence-corrected chi connectivity index (χ1v) is 16.6. The molecule has 3 aliphatic heterocycles. The number of anilines is 1. The Balaban J connectivity index is 1.83. The number of benzene rings is 2. The van der Waals surface area contributed by atoms with Crippen LogP contribution in [0.4, 0.5) is 5.69 Å². The van der Waals surface area contributed by atoms with Crippen LogP contribution in [-0.2, 0) is 42.9 Å². The van der Waals surface area contributed by atoms with Crippen LogP contribution in [0.5, 0.6) is 0 Å². The van der Waals surface area contributed by atoms with E-state index in [0.29, 0.717) is 21.7 Å². The van der Waals surface area contributed by atoms with Crippen molar-refractivity contribution in [1.82, 2.24) is 0 Å². The van der Waals surface area contributed by atoms with Crippen LogP contribution in [0.1, 0.15) is 30.5 Å². The van der Waals surface area contributed by atoms with Crippen molar-refractivity contribution >= 4 is 82.4 Å². The molecule has 2 aromatic rings. The van der Waals surface area contributed by atoms with Crippen molar-refractivity contribution in [3.05, 3.63) is 96.5 Å². The lowest BCUT2D eigenvalue weighted by Crippen LogP contribution is -2.53. The van der Waals surface area contributed by atoms with Gasteiger partial charge in [0.05, 0.1) is 45.2 Å². The average molecular weight is 694 g/mol. The Bertz CT molecular complexity index is 1810. The summed E-state index contributed by atoms with van der Waals surface area (Å²) in [7, 11) is 4.71. The van der Waals surface area contributed by atoms with E-state index in [-0.39, 0.29) is 26.2 Å². The highest BCUT2D eigenvalue weighted by molar-refractivity contribution is 8.26. The van der Waals surface area contributed by atoms with Gasteiger partial charge in [-0.05, 0) is 44.0 Å². The minimum atomic E-state index is -1.64. The van der Waals surface area contributed by atoms with Crippen LogP contribution in [0.2, 0.25) is 0 Å². The fraction of sp³-hybridized carbons (Fsp3) is 0.265. The molecule has 0 N–H and O–H groups in total. The van der Waals surface area contributed by atoms with Crippen LogP contribution in [-0.4, -0.2) is 67.8 Å². The van der Waals surface area contributed by atoms with Gasteiger partial charge in [-0.25, -0.2) is 19.2 Å². The van der Waals surface area contributed by atoms with Crippen LogP contribution in [0.3, 0.4) is 0 Å². The van der Waals surface area contributed by atoms with Crippen molar-refractivity contribution in [3.63, 3.8) is 0 Å². The highest BCUT2D eigenvalue weighted by Gasteiger charge is 2.61. The number of rotatable bonds is 6. The summed E-state index contributed by atoms with van der Waals surface area (Å²) in [6.45, 7) is 5.56. The van der Waals surface area contributed by atoms with E-state index in [1.165, 1.54) is 34.5 Å². The molecule has 0 saturated heterocycles. The number of aryl methyl sites for hydroxylation is 1. The monoisotopic (exact) mass is 693 g/mol. The van der Waals surface area contributed by atoms with Crippen LogP contribution in [0.25, 0.3) is 11.6 Å². The number of nitrogens with zero attached hydrogens (tertiary/aromatic N) is 1. The standard InChI is InChI=1S/C34H31NO9S3/c1-18-13-15-20-21(17-18)35(22(36)16-14-19-11-9-8-10-12-19)33(2,3)28-23(20)34(24(29(37)41-4)25(45-28)30(38)42-5)46-26(31(39)43-6)27(47-34)32(40)44-7/h8-17H,1-7H3. The third-order valence-corrected chi connectivity index (χ3v) is 12.4. The number of ether oxygens (including phenoxy) is 4. The summed E-state index contributed by atoms with van der Waals surface area (Å²) in [5.74, 6) is -3.68. The van der Waals surface area contributed by atoms with E-state index < -0.39 is 33.5 Å². The quantitative estimate of drug-likeness (QED) is 0.212. The third-order valence-electron chi connectivity index (χ3n) is 7.73.